The zero-order chi connectivity index (χ0) is 37.5. The van der Waals surface area contributed by atoms with E-state index in [9.17, 15) is 0 Å². The SMILES string of the molecule is c1ccc(-n2c3ccccc3c3cc(-c4cccc(-c5cc6c(c7ccccc7n6-c6ccccc6)c6c7ccccc7n(-c7ccccc7)c56)c4)ccc32)cc1. The van der Waals surface area contributed by atoms with Crippen molar-refractivity contribution < 1.29 is 0 Å². The molecule has 12 rings (SSSR count). The van der Waals surface area contributed by atoms with Gasteiger partial charge >= 0.3 is 0 Å². The minimum absolute atomic E-state index is 1.15. The number of hydrogen-bond donors (Lipinski definition) is 0. The monoisotopic (exact) mass is 725 g/mol. The lowest BCUT2D eigenvalue weighted by atomic mass is 9.94. The molecule has 0 amide bonds. The van der Waals surface area contributed by atoms with E-state index in [1.54, 1.807) is 0 Å². The van der Waals surface area contributed by atoms with E-state index < -0.39 is 0 Å². The Balaban J connectivity index is 1.17. The van der Waals surface area contributed by atoms with Crippen molar-refractivity contribution >= 4 is 65.4 Å². The highest BCUT2D eigenvalue weighted by atomic mass is 15.0. The van der Waals surface area contributed by atoms with Crippen LogP contribution >= 0.6 is 0 Å². The lowest BCUT2D eigenvalue weighted by Crippen LogP contribution is -1.97. The molecule has 0 aliphatic carbocycles. The molecule has 9 aromatic carbocycles. The van der Waals surface area contributed by atoms with Crippen LogP contribution in [0, 0.1) is 0 Å². The van der Waals surface area contributed by atoms with Gasteiger partial charge in [0.05, 0.1) is 33.1 Å². The average molecular weight is 726 g/mol. The summed E-state index contributed by atoms with van der Waals surface area (Å²) in [6.45, 7) is 0. The second kappa shape index (κ2) is 12.5. The van der Waals surface area contributed by atoms with Crippen LogP contribution in [0.5, 0.6) is 0 Å². The Morgan fingerprint density at radius 1 is 0.246 bits per heavy atom. The van der Waals surface area contributed by atoms with Crippen LogP contribution in [-0.2, 0) is 0 Å². The topological polar surface area (TPSA) is 14.8 Å². The summed E-state index contributed by atoms with van der Waals surface area (Å²) >= 11 is 0. The highest BCUT2D eigenvalue weighted by Crippen LogP contribution is 2.47. The molecule has 0 unspecified atom stereocenters. The van der Waals surface area contributed by atoms with Crippen LogP contribution in [0.15, 0.2) is 212 Å². The van der Waals surface area contributed by atoms with Crippen LogP contribution < -0.4 is 0 Å². The highest BCUT2D eigenvalue weighted by molar-refractivity contribution is 6.31. The number of nitrogens with zero attached hydrogens (tertiary/aromatic N) is 3. The molecule has 0 spiro atoms. The van der Waals surface area contributed by atoms with Gasteiger partial charge in [0.25, 0.3) is 0 Å². The van der Waals surface area contributed by atoms with Crippen molar-refractivity contribution in [3.63, 3.8) is 0 Å². The molecule has 0 radical (unpaired) electrons. The number of aromatic nitrogens is 3. The fraction of sp³-hybridized carbons (Fsp3) is 0. The predicted octanol–water partition coefficient (Wildman–Crippen LogP) is 14.3. The number of benzene rings is 9. The van der Waals surface area contributed by atoms with Gasteiger partial charge in [0.15, 0.2) is 0 Å². The normalized spacial score (nSPS) is 11.9. The number of rotatable bonds is 5. The van der Waals surface area contributed by atoms with E-state index in [2.05, 4.69) is 226 Å². The molecule has 0 N–H and O–H groups in total. The van der Waals surface area contributed by atoms with Crippen molar-refractivity contribution in [1.29, 1.82) is 0 Å². The van der Waals surface area contributed by atoms with E-state index in [4.69, 9.17) is 0 Å². The number of para-hydroxylation sites is 6. The first kappa shape index (κ1) is 31.7. The summed E-state index contributed by atoms with van der Waals surface area (Å²) in [6.07, 6.45) is 0. The molecular weight excluding hydrogens is 691 g/mol. The Bertz CT molecular complexity index is 3500. The van der Waals surface area contributed by atoms with Gasteiger partial charge in [-0.15, -0.1) is 0 Å². The standard InChI is InChI=1S/C54H35N3/c1-4-19-39(20-5-1)55-47-28-13-10-25-42(47)46-34-37(31-32-50(46)55)36-17-16-18-38(33-36)45-35-51-52(43-26-11-14-29-48(43)56(51)40-21-6-2-7-22-40)53-44-27-12-15-30-49(44)57(54(45)53)41-23-8-3-9-24-41/h1-35H. The lowest BCUT2D eigenvalue weighted by Gasteiger charge is -2.15. The molecule has 57 heavy (non-hydrogen) atoms. The van der Waals surface area contributed by atoms with E-state index >= 15 is 0 Å². The van der Waals surface area contributed by atoms with Crippen LogP contribution in [0.25, 0.3) is 105 Å². The minimum atomic E-state index is 1.15. The summed E-state index contributed by atoms with van der Waals surface area (Å²) in [4.78, 5) is 0. The van der Waals surface area contributed by atoms with Crippen molar-refractivity contribution in [3.8, 4) is 39.3 Å². The summed E-state index contributed by atoms with van der Waals surface area (Å²) in [7, 11) is 0. The molecule has 3 nitrogen and oxygen atoms in total. The van der Waals surface area contributed by atoms with Crippen molar-refractivity contribution in [2.45, 2.75) is 0 Å². The van der Waals surface area contributed by atoms with Crippen LogP contribution in [0.4, 0.5) is 0 Å². The molecule has 0 saturated carbocycles. The van der Waals surface area contributed by atoms with Crippen molar-refractivity contribution in [2.75, 3.05) is 0 Å². The van der Waals surface area contributed by atoms with E-state index in [0.29, 0.717) is 0 Å². The molecule has 0 aliphatic heterocycles. The van der Waals surface area contributed by atoms with Gasteiger partial charge in [0, 0.05) is 54.9 Å². The Hall–Kier alpha value is -7.62. The first-order chi connectivity index (χ1) is 28.3. The Kier molecular flexibility index (Phi) is 6.93. The largest absolute Gasteiger partial charge is 0.309 e. The van der Waals surface area contributed by atoms with Gasteiger partial charge in [-0.2, -0.15) is 0 Å². The van der Waals surface area contributed by atoms with Gasteiger partial charge in [-0.3, -0.25) is 0 Å². The Morgan fingerprint density at radius 3 is 1.35 bits per heavy atom. The molecule has 0 atom stereocenters. The van der Waals surface area contributed by atoms with E-state index in [1.807, 2.05) is 0 Å². The smallest absolute Gasteiger partial charge is 0.0627 e. The first-order valence-electron chi connectivity index (χ1n) is 19.6. The first-order valence-corrected chi connectivity index (χ1v) is 19.6. The van der Waals surface area contributed by atoms with Gasteiger partial charge in [0.2, 0.25) is 0 Å². The van der Waals surface area contributed by atoms with Crippen LogP contribution in [0.2, 0.25) is 0 Å². The average Bonchev–Trinajstić information content (AvgIpc) is 3.92. The Labute approximate surface area is 329 Å². The summed E-state index contributed by atoms with van der Waals surface area (Å²) in [5, 5.41) is 7.54. The van der Waals surface area contributed by atoms with Gasteiger partial charge < -0.3 is 13.7 Å². The summed E-state index contributed by atoms with van der Waals surface area (Å²) in [5.41, 5.74) is 15.4. The van der Waals surface area contributed by atoms with Gasteiger partial charge in [0.1, 0.15) is 0 Å². The second-order valence-electron chi connectivity index (χ2n) is 14.9. The predicted molar refractivity (Wildman–Crippen MR) is 240 cm³/mol. The van der Waals surface area contributed by atoms with E-state index in [-0.39, 0.29) is 0 Å². The maximum Gasteiger partial charge on any atom is 0.0627 e. The van der Waals surface area contributed by atoms with E-state index in [1.165, 1.54) is 93.4 Å². The molecule has 0 bridgehead atoms. The third-order valence-electron chi connectivity index (χ3n) is 11.8. The van der Waals surface area contributed by atoms with Crippen LogP contribution in [0.3, 0.4) is 0 Å². The lowest BCUT2D eigenvalue weighted by molar-refractivity contribution is 1.17. The van der Waals surface area contributed by atoms with Crippen molar-refractivity contribution in [3.05, 3.63) is 212 Å². The molecular formula is C54H35N3. The van der Waals surface area contributed by atoms with Crippen LogP contribution in [0.1, 0.15) is 0 Å². The molecule has 0 aliphatic rings. The fourth-order valence-corrected chi connectivity index (χ4v) is 9.41. The van der Waals surface area contributed by atoms with Crippen LogP contribution in [-0.4, -0.2) is 13.7 Å². The zero-order valence-electron chi connectivity index (χ0n) is 31.0. The molecule has 0 fully saturated rings. The molecule has 266 valence electrons. The fourth-order valence-electron chi connectivity index (χ4n) is 9.41. The molecule has 0 saturated heterocycles. The number of hydrogen-bond acceptors (Lipinski definition) is 0. The highest BCUT2D eigenvalue weighted by Gasteiger charge is 2.24. The van der Waals surface area contributed by atoms with Gasteiger partial charge in [-0.1, -0.05) is 133 Å². The number of fused-ring (bicyclic) bond motifs is 10. The third-order valence-corrected chi connectivity index (χ3v) is 11.8. The van der Waals surface area contributed by atoms with E-state index in [0.717, 1.165) is 11.4 Å². The maximum absolute atomic E-state index is 2.48. The van der Waals surface area contributed by atoms with Crippen molar-refractivity contribution in [1.82, 2.24) is 13.7 Å². The summed E-state index contributed by atoms with van der Waals surface area (Å²) in [5.74, 6) is 0. The summed E-state index contributed by atoms with van der Waals surface area (Å²) in [6, 6.07) is 77.4. The second-order valence-corrected chi connectivity index (χ2v) is 14.9. The van der Waals surface area contributed by atoms with Gasteiger partial charge in [-0.05, 0) is 95.6 Å². The Morgan fingerprint density at radius 2 is 0.702 bits per heavy atom. The third kappa shape index (κ3) is 4.73. The molecule has 3 heterocycles. The quantitative estimate of drug-likeness (QED) is 0.168. The summed E-state index contributed by atoms with van der Waals surface area (Å²) < 4.78 is 7.30. The zero-order valence-corrected chi connectivity index (χ0v) is 31.0. The minimum Gasteiger partial charge on any atom is -0.309 e. The molecule has 12 aromatic rings. The van der Waals surface area contributed by atoms with Crippen molar-refractivity contribution in [2.24, 2.45) is 0 Å². The maximum atomic E-state index is 2.48. The van der Waals surface area contributed by atoms with Gasteiger partial charge in [-0.25, -0.2) is 0 Å². The molecule has 3 aromatic heterocycles. The molecule has 3 heteroatoms.